The lowest BCUT2D eigenvalue weighted by molar-refractivity contribution is 0.0623. The highest BCUT2D eigenvalue weighted by Crippen LogP contribution is 2.04. The Bertz CT molecular complexity index is 201. The van der Waals surface area contributed by atoms with E-state index < -0.39 is 0 Å². The third-order valence-corrected chi connectivity index (χ3v) is 2.42. The highest BCUT2D eigenvalue weighted by Gasteiger charge is 2.22. The van der Waals surface area contributed by atoms with Crippen LogP contribution in [-0.4, -0.2) is 66.4 Å². The monoisotopic (exact) mass is 216 g/mol. The quantitative estimate of drug-likeness (QED) is 0.729. The molecule has 0 spiro atoms. The number of piperazine rings is 1. The van der Waals surface area contributed by atoms with E-state index in [9.17, 15) is 9.90 Å². The van der Waals surface area contributed by atoms with Crippen molar-refractivity contribution in [3.8, 4) is 0 Å². The number of amides is 1. The van der Waals surface area contributed by atoms with Gasteiger partial charge in [0, 0.05) is 32.7 Å². The molecule has 1 fully saturated rings. The number of aliphatic hydroxyl groups is 1. The first-order valence-corrected chi connectivity index (χ1v) is 5.45. The zero-order chi connectivity index (χ0) is 11.3. The van der Waals surface area contributed by atoms with Gasteiger partial charge in [-0.1, -0.05) is 0 Å². The largest absolute Gasteiger partial charge is 0.450 e. The summed E-state index contributed by atoms with van der Waals surface area (Å²) in [5.74, 6) is 0. The van der Waals surface area contributed by atoms with E-state index >= 15 is 0 Å². The number of nitrogens with zero attached hydrogens (tertiary/aromatic N) is 2. The molecule has 1 saturated heterocycles. The number of β-amino-alcohol motifs (C(OH)–C–C–N with tert-alkyl or cyclic N) is 1. The fourth-order valence-corrected chi connectivity index (χ4v) is 1.70. The standard InChI is InChI=1S/C10H20N2O3/c1-3-15-10(14)12-6-4-11(5-7-12)8-9(2)13/h9,13H,3-8H2,1-2H3. The number of rotatable bonds is 3. The van der Waals surface area contributed by atoms with E-state index in [-0.39, 0.29) is 12.2 Å². The van der Waals surface area contributed by atoms with Gasteiger partial charge in [-0.3, -0.25) is 4.90 Å². The maximum Gasteiger partial charge on any atom is 0.409 e. The summed E-state index contributed by atoms with van der Waals surface area (Å²) >= 11 is 0. The SMILES string of the molecule is CCOC(=O)N1CCN(CC(C)O)CC1. The zero-order valence-corrected chi connectivity index (χ0v) is 9.48. The molecule has 1 unspecified atom stereocenters. The van der Waals surface area contributed by atoms with Crippen molar-refractivity contribution in [3.63, 3.8) is 0 Å². The van der Waals surface area contributed by atoms with Crippen LogP contribution in [0.5, 0.6) is 0 Å². The minimum atomic E-state index is -0.306. The summed E-state index contributed by atoms with van der Waals surface area (Å²) in [6.45, 7) is 7.67. The second-order valence-electron chi connectivity index (χ2n) is 3.84. The van der Waals surface area contributed by atoms with Crippen LogP contribution in [-0.2, 0) is 4.74 Å². The molecule has 1 aliphatic rings. The molecule has 1 atom stereocenters. The van der Waals surface area contributed by atoms with Gasteiger partial charge in [0.15, 0.2) is 0 Å². The average molecular weight is 216 g/mol. The van der Waals surface area contributed by atoms with E-state index in [0.717, 1.165) is 13.1 Å². The fraction of sp³-hybridized carbons (Fsp3) is 0.900. The second-order valence-corrected chi connectivity index (χ2v) is 3.84. The summed E-state index contributed by atoms with van der Waals surface area (Å²) in [7, 11) is 0. The molecular weight excluding hydrogens is 196 g/mol. The van der Waals surface area contributed by atoms with Crippen LogP contribution in [0.2, 0.25) is 0 Å². The number of hydrogen-bond acceptors (Lipinski definition) is 4. The molecule has 1 rings (SSSR count). The summed E-state index contributed by atoms with van der Waals surface area (Å²) in [5.41, 5.74) is 0. The molecular formula is C10H20N2O3. The second kappa shape index (κ2) is 5.92. The Labute approximate surface area is 90.6 Å². The van der Waals surface area contributed by atoms with Crippen LogP contribution in [0.3, 0.4) is 0 Å². The van der Waals surface area contributed by atoms with E-state index in [2.05, 4.69) is 4.90 Å². The molecule has 5 nitrogen and oxygen atoms in total. The fourth-order valence-electron chi connectivity index (χ4n) is 1.70. The van der Waals surface area contributed by atoms with Gasteiger partial charge in [-0.25, -0.2) is 4.79 Å². The predicted molar refractivity (Wildman–Crippen MR) is 56.7 cm³/mol. The Hall–Kier alpha value is -0.810. The summed E-state index contributed by atoms with van der Waals surface area (Å²) in [5, 5.41) is 9.22. The van der Waals surface area contributed by atoms with Gasteiger partial charge in [0.2, 0.25) is 0 Å². The normalized spacial score (nSPS) is 20.1. The lowest BCUT2D eigenvalue weighted by atomic mass is 10.3. The van der Waals surface area contributed by atoms with Crippen molar-refractivity contribution in [2.45, 2.75) is 20.0 Å². The first-order chi connectivity index (χ1) is 7.13. The van der Waals surface area contributed by atoms with E-state index in [0.29, 0.717) is 26.2 Å². The Morgan fingerprint density at radius 1 is 1.40 bits per heavy atom. The molecule has 0 aromatic carbocycles. The minimum Gasteiger partial charge on any atom is -0.450 e. The van der Waals surface area contributed by atoms with Gasteiger partial charge in [-0.2, -0.15) is 0 Å². The molecule has 1 amide bonds. The summed E-state index contributed by atoms with van der Waals surface area (Å²) in [6.07, 6.45) is -0.534. The van der Waals surface area contributed by atoms with Crippen LogP contribution in [0.1, 0.15) is 13.8 Å². The van der Waals surface area contributed by atoms with Gasteiger partial charge in [-0.15, -0.1) is 0 Å². The van der Waals surface area contributed by atoms with Crippen molar-refractivity contribution in [1.82, 2.24) is 9.80 Å². The van der Waals surface area contributed by atoms with Crippen molar-refractivity contribution in [2.24, 2.45) is 0 Å². The van der Waals surface area contributed by atoms with Gasteiger partial charge in [0.25, 0.3) is 0 Å². The lowest BCUT2D eigenvalue weighted by Crippen LogP contribution is -2.50. The van der Waals surface area contributed by atoms with Gasteiger partial charge < -0.3 is 14.7 Å². The van der Waals surface area contributed by atoms with Crippen LogP contribution in [0, 0.1) is 0 Å². The Balaban J connectivity index is 2.26. The van der Waals surface area contributed by atoms with Crippen molar-refractivity contribution >= 4 is 6.09 Å². The smallest absolute Gasteiger partial charge is 0.409 e. The van der Waals surface area contributed by atoms with Crippen LogP contribution < -0.4 is 0 Å². The third kappa shape index (κ3) is 4.05. The van der Waals surface area contributed by atoms with E-state index in [1.807, 2.05) is 6.92 Å². The maximum absolute atomic E-state index is 11.4. The highest BCUT2D eigenvalue weighted by atomic mass is 16.6. The number of aliphatic hydroxyl groups excluding tert-OH is 1. The van der Waals surface area contributed by atoms with Gasteiger partial charge in [0.05, 0.1) is 12.7 Å². The molecule has 1 heterocycles. The molecule has 1 aliphatic heterocycles. The van der Waals surface area contributed by atoms with Crippen molar-refractivity contribution in [3.05, 3.63) is 0 Å². The zero-order valence-electron chi connectivity index (χ0n) is 9.48. The molecule has 0 bridgehead atoms. The van der Waals surface area contributed by atoms with E-state index in [1.165, 1.54) is 0 Å². The molecule has 0 radical (unpaired) electrons. The first-order valence-electron chi connectivity index (χ1n) is 5.45. The van der Waals surface area contributed by atoms with Crippen LogP contribution in [0.15, 0.2) is 0 Å². The Morgan fingerprint density at radius 3 is 2.47 bits per heavy atom. The average Bonchev–Trinajstić information content (AvgIpc) is 2.18. The van der Waals surface area contributed by atoms with E-state index in [4.69, 9.17) is 4.74 Å². The third-order valence-electron chi connectivity index (χ3n) is 2.42. The maximum atomic E-state index is 11.4. The summed E-state index contributed by atoms with van der Waals surface area (Å²) in [6, 6.07) is 0. The van der Waals surface area contributed by atoms with Crippen LogP contribution in [0.25, 0.3) is 0 Å². The molecule has 5 heteroatoms. The van der Waals surface area contributed by atoms with E-state index in [1.54, 1.807) is 11.8 Å². The summed E-state index contributed by atoms with van der Waals surface area (Å²) in [4.78, 5) is 15.2. The number of ether oxygens (including phenoxy) is 1. The van der Waals surface area contributed by atoms with Gasteiger partial charge in [-0.05, 0) is 13.8 Å². The summed E-state index contributed by atoms with van der Waals surface area (Å²) < 4.78 is 4.92. The predicted octanol–water partition coefficient (Wildman–Crippen LogP) is 0.141. The lowest BCUT2D eigenvalue weighted by Gasteiger charge is -2.34. The molecule has 88 valence electrons. The molecule has 0 aliphatic carbocycles. The van der Waals surface area contributed by atoms with Crippen molar-refractivity contribution in [1.29, 1.82) is 0 Å². The topological polar surface area (TPSA) is 53.0 Å². The van der Waals surface area contributed by atoms with Crippen LogP contribution >= 0.6 is 0 Å². The number of hydrogen-bond donors (Lipinski definition) is 1. The highest BCUT2D eigenvalue weighted by molar-refractivity contribution is 5.67. The Kier molecular flexibility index (Phi) is 4.84. The van der Waals surface area contributed by atoms with Crippen molar-refractivity contribution < 1.29 is 14.6 Å². The van der Waals surface area contributed by atoms with Gasteiger partial charge >= 0.3 is 6.09 Å². The molecule has 0 aromatic rings. The van der Waals surface area contributed by atoms with Crippen LogP contribution in [0.4, 0.5) is 4.79 Å². The van der Waals surface area contributed by atoms with Gasteiger partial charge in [0.1, 0.15) is 0 Å². The molecule has 0 aromatic heterocycles. The number of carbonyl (C=O) groups is 1. The first kappa shape index (κ1) is 12.3. The van der Waals surface area contributed by atoms with Crippen molar-refractivity contribution in [2.75, 3.05) is 39.3 Å². The Morgan fingerprint density at radius 2 is 2.00 bits per heavy atom. The number of carbonyl (C=O) groups excluding carboxylic acids is 1. The minimum absolute atomic E-state index is 0.228. The molecule has 1 N–H and O–H groups in total. The molecule has 0 saturated carbocycles. The molecule has 15 heavy (non-hydrogen) atoms.